The Kier molecular flexibility index (Phi) is 7.30. The molecule has 3 fully saturated rings. The van der Waals surface area contributed by atoms with Gasteiger partial charge in [-0.05, 0) is 91.0 Å². The number of aliphatic hydroxyl groups excluding tert-OH is 1. The zero-order valence-electron chi connectivity index (χ0n) is 23.2. The van der Waals surface area contributed by atoms with Crippen LogP contribution in [0.2, 0.25) is 10.0 Å². The molecule has 5 atom stereocenters. The lowest BCUT2D eigenvalue weighted by molar-refractivity contribution is -0.127. The summed E-state index contributed by atoms with van der Waals surface area (Å²) in [4.78, 5) is 33.3. The molecule has 1 aromatic carbocycles. The average Bonchev–Trinajstić information content (AvgIpc) is 3.39. The summed E-state index contributed by atoms with van der Waals surface area (Å²) in [6, 6.07) is 7.59. The molecule has 4 aliphatic rings. The zero-order chi connectivity index (χ0) is 28.3. The van der Waals surface area contributed by atoms with Crippen LogP contribution in [0.25, 0.3) is 0 Å². The minimum atomic E-state index is -0.929. The van der Waals surface area contributed by atoms with Gasteiger partial charge in [0.1, 0.15) is 5.78 Å². The number of nitrogens with one attached hydrogen (secondary N) is 1. The van der Waals surface area contributed by atoms with Crippen LogP contribution >= 0.6 is 23.2 Å². The van der Waals surface area contributed by atoms with Crippen LogP contribution in [0.5, 0.6) is 0 Å². The van der Waals surface area contributed by atoms with E-state index >= 15 is 0 Å². The summed E-state index contributed by atoms with van der Waals surface area (Å²) >= 11 is 12.9. The fourth-order valence-electron chi connectivity index (χ4n) is 8.46. The first-order valence-electron chi connectivity index (χ1n) is 14.6. The minimum Gasteiger partial charge on any atom is -0.394 e. The standard InChI is InChI=1S/C32H38Cl2N2O4/c1-30(2)7-9-31(10-8-30)14-24(27(38)11-19-3-5-23(17-37)40-18-19)28(20-12-22(34)16-35-15-20)32(31)25-6-4-21(33)13-26(25)36-29(32)39/h4,6,12-13,15-16,19,23-24,28,37H,3,5,7-11,14,17-18H2,1-2H3,(H,36,39)/t19-,23-,24-,28-,32+/m0/s1. The van der Waals surface area contributed by atoms with Crippen molar-refractivity contribution in [2.45, 2.75) is 82.7 Å². The summed E-state index contributed by atoms with van der Waals surface area (Å²) in [5.41, 5.74) is 1.39. The third-order valence-corrected chi connectivity index (χ3v) is 11.0. The Morgan fingerprint density at radius 2 is 1.88 bits per heavy atom. The van der Waals surface area contributed by atoms with E-state index < -0.39 is 11.3 Å². The van der Waals surface area contributed by atoms with Crippen molar-refractivity contribution in [1.29, 1.82) is 0 Å². The predicted octanol–water partition coefficient (Wildman–Crippen LogP) is 6.72. The Labute approximate surface area is 246 Å². The van der Waals surface area contributed by atoms with Crippen molar-refractivity contribution in [3.8, 4) is 0 Å². The van der Waals surface area contributed by atoms with Crippen molar-refractivity contribution in [1.82, 2.24) is 4.98 Å². The van der Waals surface area contributed by atoms with Crippen LogP contribution in [-0.2, 0) is 19.7 Å². The van der Waals surface area contributed by atoms with E-state index in [2.05, 4.69) is 24.1 Å². The molecule has 6 rings (SSSR count). The number of carbonyl (C=O) groups is 2. The molecule has 2 aliphatic heterocycles. The number of ether oxygens (including phenoxy) is 1. The van der Waals surface area contributed by atoms with Gasteiger partial charge in [-0.1, -0.05) is 43.1 Å². The number of hydrogen-bond donors (Lipinski definition) is 2. The van der Waals surface area contributed by atoms with Gasteiger partial charge >= 0.3 is 0 Å². The molecular weight excluding hydrogens is 547 g/mol. The SMILES string of the molecule is CC1(C)CCC2(CC1)C[C@@H](C(=O)C[C@@H]1CC[C@@H](CO)OC1)[C@H](c1cncc(Cl)c1)[C@]21C(=O)Nc2cc(Cl)ccc21. The van der Waals surface area contributed by atoms with E-state index in [1.54, 1.807) is 12.4 Å². The third-order valence-electron chi connectivity index (χ3n) is 10.5. The molecule has 0 radical (unpaired) electrons. The maximum atomic E-state index is 14.5. The quantitative estimate of drug-likeness (QED) is 0.407. The topological polar surface area (TPSA) is 88.5 Å². The highest BCUT2D eigenvalue weighted by atomic mass is 35.5. The molecule has 3 heterocycles. The fraction of sp³-hybridized carbons (Fsp3) is 0.594. The van der Waals surface area contributed by atoms with E-state index in [0.717, 1.165) is 55.3 Å². The van der Waals surface area contributed by atoms with Gasteiger partial charge in [0, 0.05) is 41.4 Å². The zero-order valence-corrected chi connectivity index (χ0v) is 24.7. The molecule has 2 saturated carbocycles. The minimum absolute atomic E-state index is 0.00700. The van der Waals surface area contributed by atoms with E-state index in [1.165, 1.54) is 0 Å². The summed E-state index contributed by atoms with van der Waals surface area (Å²) < 4.78 is 5.82. The number of carbonyl (C=O) groups excluding carboxylic acids is 2. The highest BCUT2D eigenvalue weighted by Crippen LogP contribution is 2.72. The van der Waals surface area contributed by atoms with Crippen LogP contribution in [0.4, 0.5) is 5.69 Å². The number of halogens is 2. The first kappa shape index (κ1) is 28.1. The highest BCUT2D eigenvalue weighted by Gasteiger charge is 2.72. The predicted molar refractivity (Wildman–Crippen MR) is 156 cm³/mol. The molecule has 1 aromatic heterocycles. The van der Waals surface area contributed by atoms with E-state index in [-0.39, 0.29) is 47.1 Å². The number of benzene rings is 1. The van der Waals surface area contributed by atoms with E-state index in [1.807, 2.05) is 24.3 Å². The van der Waals surface area contributed by atoms with Crippen LogP contribution < -0.4 is 5.32 Å². The lowest BCUT2D eigenvalue weighted by Crippen LogP contribution is -2.52. The molecule has 1 saturated heterocycles. The molecule has 0 bridgehead atoms. The van der Waals surface area contributed by atoms with Gasteiger partial charge in [0.05, 0.1) is 29.8 Å². The molecule has 1 amide bonds. The van der Waals surface area contributed by atoms with Crippen LogP contribution in [0, 0.1) is 22.7 Å². The molecule has 2 aliphatic carbocycles. The van der Waals surface area contributed by atoms with Crippen molar-refractivity contribution in [2.24, 2.45) is 22.7 Å². The fourth-order valence-corrected chi connectivity index (χ4v) is 8.81. The van der Waals surface area contributed by atoms with Gasteiger partial charge in [-0.25, -0.2) is 0 Å². The number of hydrogen-bond acceptors (Lipinski definition) is 5. The Morgan fingerprint density at radius 3 is 2.55 bits per heavy atom. The first-order chi connectivity index (χ1) is 19.1. The Hall–Kier alpha value is -1.99. The summed E-state index contributed by atoms with van der Waals surface area (Å²) in [5.74, 6) is -0.516. The summed E-state index contributed by atoms with van der Waals surface area (Å²) in [5, 5.41) is 13.7. The van der Waals surface area contributed by atoms with Gasteiger partial charge in [0.25, 0.3) is 0 Å². The smallest absolute Gasteiger partial charge is 0.236 e. The number of fused-ring (bicyclic) bond motifs is 3. The molecule has 0 unspecified atom stereocenters. The lowest BCUT2D eigenvalue weighted by Gasteiger charge is -2.50. The van der Waals surface area contributed by atoms with E-state index in [4.69, 9.17) is 27.9 Å². The Balaban J connectivity index is 1.48. The van der Waals surface area contributed by atoms with Gasteiger partial charge in [0.15, 0.2) is 0 Å². The van der Waals surface area contributed by atoms with Crippen LogP contribution in [0.15, 0.2) is 36.7 Å². The van der Waals surface area contributed by atoms with Crippen molar-refractivity contribution < 1.29 is 19.4 Å². The Morgan fingerprint density at radius 1 is 1.10 bits per heavy atom. The van der Waals surface area contributed by atoms with Gasteiger partial charge in [-0.2, -0.15) is 0 Å². The number of ketones is 1. The lowest BCUT2D eigenvalue weighted by atomic mass is 9.51. The number of nitrogens with zero attached hydrogens (tertiary/aromatic N) is 1. The summed E-state index contributed by atoms with van der Waals surface area (Å²) in [7, 11) is 0. The van der Waals surface area contributed by atoms with Gasteiger partial charge < -0.3 is 15.2 Å². The number of rotatable bonds is 5. The van der Waals surface area contributed by atoms with Crippen LogP contribution in [-0.4, -0.2) is 41.1 Å². The monoisotopic (exact) mass is 584 g/mol. The maximum absolute atomic E-state index is 14.5. The van der Waals surface area contributed by atoms with E-state index in [0.29, 0.717) is 29.5 Å². The van der Waals surface area contributed by atoms with Gasteiger partial charge in [-0.15, -0.1) is 0 Å². The maximum Gasteiger partial charge on any atom is 0.236 e. The molecule has 2 aromatic rings. The molecular formula is C32H38Cl2N2O4. The van der Waals surface area contributed by atoms with Crippen molar-refractivity contribution in [2.75, 3.05) is 18.5 Å². The van der Waals surface area contributed by atoms with Crippen LogP contribution in [0.3, 0.4) is 0 Å². The second-order valence-electron chi connectivity index (χ2n) is 13.4. The molecule has 40 heavy (non-hydrogen) atoms. The van der Waals surface area contributed by atoms with E-state index in [9.17, 15) is 14.7 Å². The second kappa shape index (κ2) is 10.4. The molecule has 2 spiro atoms. The molecule has 214 valence electrons. The summed E-state index contributed by atoms with van der Waals surface area (Å²) in [6.07, 6.45) is 9.62. The van der Waals surface area contributed by atoms with Crippen molar-refractivity contribution >= 4 is 40.6 Å². The van der Waals surface area contributed by atoms with Gasteiger partial charge in [0.2, 0.25) is 5.91 Å². The first-order valence-corrected chi connectivity index (χ1v) is 15.3. The highest BCUT2D eigenvalue weighted by molar-refractivity contribution is 6.31. The summed E-state index contributed by atoms with van der Waals surface area (Å²) in [6.45, 7) is 5.08. The number of aromatic nitrogens is 1. The number of Topliss-reactive ketones (excluding diaryl/α,β-unsaturated/α-hetero) is 1. The second-order valence-corrected chi connectivity index (χ2v) is 14.2. The average molecular weight is 586 g/mol. The van der Waals surface area contributed by atoms with Crippen molar-refractivity contribution in [3.63, 3.8) is 0 Å². The normalized spacial score (nSPS) is 32.3. The Bertz CT molecular complexity index is 1310. The van der Waals surface area contributed by atoms with Gasteiger partial charge in [-0.3, -0.25) is 14.6 Å². The largest absolute Gasteiger partial charge is 0.394 e. The number of aliphatic hydroxyl groups is 1. The number of pyridine rings is 1. The molecule has 2 N–H and O–H groups in total. The van der Waals surface area contributed by atoms with Crippen molar-refractivity contribution in [3.05, 3.63) is 57.8 Å². The number of anilines is 1. The van der Waals surface area contributed by atoms with Crippen LogP contribution in [0.1, 0.15) is 82.3 Å². The number of amides is 1. The molecule has 6 nitrogen and oxygen atoms in total. The third kappa shape index (κ3) is 4.50. The molecule has 8 heteroatoms.